The van der Waals surface area contributed by atoms with Gasteiger partial charge in [-0.25, -0.2) is 0 Å². The molecule has 4 heteroatoms. The number of allylic oxidation sites excluding steroid dienone is 2. The van der Waals surface area contributed by atoms with Crippen molar-refractivity contribution in [2.45, 2.75) is 45.4 Å². The lowest BCUT2D eigenvalue weighted by molar-refractivity contribution is -0.143. The molecule has 1 N–H and O–H groups in total. The maximum atomic E-state index is 13.2. The molecule has 2 aromatic rings. The van der Waals surface area contributed by atoms with Crippen LogP contribution in [0.1, 0.15) is 44.6 Å². The van der Waals surface area contributed by atoms with Crippen LogP contribution in [0.2, 0.25) is 0 Å². The van der Waals surface area contributed by atoms with Crippen LogP contribution >= 0.6 is 0 Å². The molecular weight excluding hydrogens is 396 g/mol. The van der Waals surface area contributed by atoms with Crippen LogP contribution in [0.5, 0.6) is 0 Å². The van der Waals surface area contributed by atoms with Crippen LogP contribution in [0, 0.1) is 11.3 Å². The SMILES string of the molecule is CCNC(=O)C1(Cc2cccc(-c3ccccc3)c2)CCN(C(=O)[C@H]2CC=CCC2)CC1. The van der Waals surface area contributed by atoms with Gasteiger partial charge in [-0.3, -0.25) is 9.59 Å². The highest BCUT2D eigenvalue weighted by atomic mass is 16.2. The van der Waals surface area contributed by atoms with Crippen molar-refractivity contribution in [1.29, 1.82) is 0 Å². The van der Waals surface area contributed by atoms with Crippen molar-refractivity contribution in [2.75, 3.05) is 19.6 Å². The zero-order valence-corrected chi connectivity index (χ0v) is 19.1. The lowest BCUT2D eigenvalue weighted by Gasteiger charge is -2.42. The van der Waals surface area contributed by atoms with E-state index >= 15 is 0 Å². The number of rotatable bonds is 6. The summed E-state index contributed by atoms with van der Waals surface area (Å²) in [7, 11) is 0. The number of carbonyl (C=O) groups is 2. The summed E-state index contributed by atoms with van der Waals surface area (Å²) in [5.41, 5.74) is 3.07. The molecule has 4 nitrogen and oxygen atoms in total. The lowest BCUT2D eigenvalue weighted by atomic mass is 9.72. The maximum absolute atomic E-state index is 13.2. The molecule has 0 spiro atoms. The molecule has 1 atom stereocenters. The highest BCUT2D eigenvalue weighted by Crippen LogP contribution is 2.37. The van der Waals surface area contributed by atoms with Crippen molar-refractivity contribution < 1.29 is 9.59 Å². The van der Waals surface area contributed by atoms with Crippen molar-refractivity contribution in [3.63, 3.8) is 0 Å². The van der Waals surface area contributed by atoms with E-state index in [9.17, 15) is 9.59 Å². The van der Waals surface area contributed by atoms with Crippen LogP contribution in [-0.2, 0) is 16.0 Å². The second-order valence-corrected chi connectivity index (χ2v) is 9.19. The van der Waals surface area contributed by atoms with Crippen molar-refractivity contribution in [2.24, 2.45) is 11.3 Å². The number of piperidine rings is 1. The monoisotopic (exact) mass is 430 g/mol. The number of amides is 2. The van der Waals surface area contributed by atoms with Crippen LogP contribution in [0.25, 0.3) is 11.1 Å². The Kier molecular flexibility index (Phi) is 7.09. The van der Waals surface area contributed by atoms with E-state index in [4.69, 9.17) is 0 Å². The molecule has 2 aliphatic rings. The average molecular weight is 431 g/mol. The third kappa shape index (κ3) is 4.95. The highest BCUT2D eigenvalue weighted by Gasteiger charge is 2.42. The van der Waals surface area contributed by atoms with Gasteiger partial charge in [0, 0.05) is 25.6 Å². The van der Waals surface area contributed by atoms with E-state index in [1.165, 1.54) is 16.7 Å². The average Bonchev–Trinajstić information content (AvgIpc) is 2.85. The van der Waals surface area contributed by atoms with Gasteiger partial charge in [-0.05, 0) is 62.1 Å². The van der Waals surface area contributed by atoms with Gasteiger partial charge < -0.3 is 10.2 Å². The van der Waals surface area contributed by atoms with Crippen LogP contribution in [0.15, 0.2) is 66.7 Å². The van der Waals surface area contributed by atoms with Crippen molar-refractivity contribution in [3.8, 4) is 11.1 Å². The van der Waals surface area contributed by atoms with Crippen molar-refractivity contribution >= 4 is 11.8 Å². The molecule has 2 aromatic carbocycles. The largest absolute Gasteiger partial charge is 0.356 e. The van der Waals surface area contributed by atoms with Crippen LogP contribution in [0.4, 0.5) is 0 Å². The summed E-state index contributed by atoms with van der Waals surface area (Å²) >= 11 is 0. The first-order valence-corrected chi connectivity index (χ1v) is 12.0. The van der Waals surface area contributed by atoms with Crippen LogP contribution in [0.3, 0.4) is 0 Å². The smallest absolute Gasteiger partial charge is 0.226 e. The molecule has 0 radical (unpaired) electrons. The van der Waals surface area contributed by atoms with E-state index in [1.807, 2.05) is 30.0 Å². The summed E-state index contributed by atoms with van der Waals surface area (Å²) in [5, 5.41) is 3.08. The summed E-state index contributed by atoms with van der Waals surface area (Å²) in [6.07, 6.45) is 9.21. The number of hydrogen-bond donors (Lipinski definition) is 1. The molecule has 32 heavy (non-hydrogen) atoms. The van der Waals surface area contributed by atoms with Crippen molar-refractivity contribution in [1.82, 2.24) is 10.2 Å². The number of nitrogens with zero attached hydrogens (tertiary/aromatic N) is 1. The summed E-state index contributed by atoms with van der Waals surface area (Å²) in [6, 6.07) is 18.9. The molecule has 1 heterocycles. The number of nitrogens with one attached hydrogen (secondary N) is 1. The summed E-state index contributed by atoms with van der Waals surface area (Å²) < 4.78 is 0. The minimum Gasteiger partial charge on any atom is -0.356 e. The Morgan fingerprint density at radius 1 is 1.00 bits per heavy atom. The van der Waals surface area contributed by atoms with Gasteiger partial charge in [0.15, 0.2) is 0 Å². The van der Waals surface area contributed by atoms with Crippen LogP contribution < -0.4 is 5.32 Å². The van der Waals surface area contributed by atoms with Gasteiger partial charge in [-0.2, -0.15) is 0 Å². The van der Waals surface area contributed by atoms with E-state index in [0.29, 0.717) is 38.9 Å². The Balaban J connectivity index is 1.50. The van der Waals surface area contributed by atoms with E-state index in [-0.39, 0.29) is 17.7 Å². The molecule has 0 aromatic heterocycles. The van der Waals surface area contributed by atoms with Gasteiger partial charge in [0.05, 0.1) is 5.41 Å². The second kappa shape index (κ2) is 10.2. The zero-order chi connectivity index (χ0) is 22.4. The van der Waals surface area contributed by atoms with E-state index in [0.717, 1.165) is 19.3 Å². The van der Waals surface area contributed by atoms with Crippen LogP contribution in [-0.4, -0.2) is 36.3 Å². The van der Waals surface area contributed by atoms with E-state index < -0.39 is 5.41 Å². The third-order valence-electron chi connectivity index (χ3n) is 7.05. The number of benzene rings is 2. The Labute approximate surface area is 191 Å². The first kappa shape index (κ1) is 22.3. The van der Waals surface area contributed by atoms with E-state index in [1.54, 1.807) is 0 Å². The van der Waals surface area contributed by atoms with Crippen molar-refractivity contribution in [3.05, 3.63) is 72.3 Å². The Bertz CT molecular complexity index is 958. The lowest BCUT2D eigenvalue weighted by Crippen LogP contribution is -2.52. The molecule has 1 aliphatic carbocycles. The third-order valence-corrected chi connectivity index (χ3v) is 7.05. The molecule has 0 bridgehead atoms. The van der Waals surface area contributed by atoms with Gasteiger partial charge in [0.1, 0.15) is 0 Å². The molecule has 1 fully saturated rings. The fraction of sp³-hybridized carbons (Fsp3) is 0.429. The van der Waals surface area contributed by atoms with Gasteiger partial charge in [-0.1, -0.05) is 66.7 Å². The van der Waals surface area contributed by atoms with Gasteiger partial charge in [0.2, 0.25) is 11.8 Å². The Morgan fingerprint density at radius 2 is 1.75 bits per heavy atom. The Morgan fingerprint density at radius 3 is 2.44 bits per heavy atom. The fourth-order valence-corrected chi connectivity index (χ4v) is 5.15. The Hall–Kier alpha value is -2.88. The standard InChI is InChI=1S/C28H34N2O2/c1-2-29-27(32)28(16-18-30(19-17-28)26(31)24-13-7-4-8-14-24)21-22-10-9-15-25(20-22)23-11-5-3-6-12-23/h3-7,9-12,15,20,24H,2,8,13-14,16-19,21H2,1H3,(H,29,32)/t24-/m0/s1. The minimum absolute atomic E-state index is 0.111. The molecule has 2 amide bonds. The number of hydrogen-bond acceptors (Lipinski definition) is 2. The number of carbonyl (C=O) groups excluding carboxylic acids is 2. The number of likely N-dealkylation sites (tertiary alicyclic amines) is 1. The summed E-state index contributed by atoms with van der Waals surface area (Å²) in [5.74, 6) is 0.502. The molecule has 0 saturated carbocycles. The van der Waals surface area contributed by atoms with Gasteiger partial charge in [0.25, 0.3) is 0 Å². The maximum Gasteiger partial charge on any atom is 0.226 e. The van der Waals surface area contributed by atoms with Gasteiger partial charge >= 0.3 is 0 Å². The molecular formula is C28H34N2O2. The predicted molar refractivity (Wildman–Crippen MR) is 129 cm³/mol. The fourth-order valence-electron chi connectivity index (χ4n) is 5.15. The predicted octanol–water partition coefficient (Wildman–Crippen LogP) is 5.00. The van der Waals surface area contributed by atoms with Gasteiger partial charge in [-0.15, -0.1) is 0 Å². The summed E-state index contributed by atoms with van der Waals surface area (Å²) in [4.78, 5) is 28.2. The zero-order valence-electron chi connectivity index (χ0n) is 19.1. The second-order valence-electron chi connectivity index (χ2n) is 9.19. The quantitative estimate of drug-likeness (QED) is 0.656. The first-order valence-electron chi connectivity index (χ1n) is 12.0. The summed E-state index contributed by atoms with van der Waals surface area (Å²) in [6.45, 7) is 3.92. The molecule has 1 aliphatic heterocycles. The minimum atomic E-state index is -0.464. The topological polar surface area (TPSA) is 49.4 Å². The normalized spacial score (nSPS) is 20.0. The molecule has 0 unspecified atom stereocenters. The molecule has 168 valence electrons. The first-order chi connectivity index (χ1) is 15.6. The molecule has 4 rings (SSSR count). The highest BCUT2D eigenvalue weighted by molar-refractivity contribution is 5.84. The van der Waals surface area contributed by atoms with E-state index in [2.05, 4.69) is 53.9 Å². The molecule has 1 saturated heterocycles.